The van der Waals surface area contributed by atoms with Gasteiger partial charge in [-0.3, -0.25) is 4.79 Å². The molecule has 1 saturated carbocycles. The van der Waals surface area contributed by atoms with Gasteiger partial charge < -0.3 is 5.32 Å². The summed E-state index contributed by atoms with van der Waals surface area (Å²) in [5.41, 5.74) is 0.269. The van der Waals surface area contributed by atoms with Gasteiger partial charge >= 0.3 is 0 Å². The van der Waals surface area contributed by atoms with Crippen LogP contribution in [0, 0.1) is 11.7 Å². The zero-order valence-electron chi connectivity index (χ0n) is 11.2. The molecule has 20 heavy (non-hydrogen) atoms. The number of rotatable bonds is 4. The molecule has 1 fully saturated rings. The second-order valence-corrected chi connectivity index (χ2v) is 6.82. The summed E-state index contributed by atoms with van der Waals surface area (Å²) in [5, 5.41) is 3.19. The van der Waals surface area contributed by atoms with Crippen molar-refractivity contribution >= 4 is 33.4 Å². The van der Waals surface area contributed by atoms with E-state index in [1.54, 1.807) is 6.07 Å². The fourth-order valence-corrected chi connectivity index (χ4v) is 3.57. The first-order valence-corrected chi connectivity index (χ1v) is 8.21. The molecule has 5 heteroatoms. The van der Waals surface area contributed by atoms with Crippen LogP contribution in [0.2, 0.25) is 5.02 Å². The zero-order valence-corrected chi connectivity index (χ0v) is 13.5. The summed E-state index contributed by atoms with van der Waals surface area (Å²) in [7, 11) is 0. The molecule has 0 heterocycles. The first kappa shape index (κ1) is 15.8. The topological polar surface area (TPSA) is 29.1 Å². The molecule has 2 rings (SSSR count). The van der Waals surface area contributed by atoms with E-state index in [0.717, 1.165) is 12.8 Å². The van der Waals surface area contributed by atoms with Crippen molar-refractivity contribution in [2.24, 2.45) is 5.92 Å². The molecule has 1 N–H and O–H groups in total. The number of halogens is 3. The highest BCUT2D eigenvalue weighted by Crippen LogP contribution is 2.29. The Balaban J connectivity index is 1.86. The van der Waals surface area contributed by atoms with E-state index in [1.807, 2.05) is 0 Å². The van der Waals surface area contributed by atoms with Crippen LogP contribution in [0.15, 0.2) is 18.2 Å². The maximum Gasteiger partial charge on any atom is 0.224 e. The number of hydrogen-bond donors (Lipinski definition) is 1. The Morgan fingerprint density at radius 1 is 1.40 bits per heavy atom. The fourth-order valence-electron chi connectivity index (χ4n) is 2.56. The van der Waals surface area contributed by atoms with Crippen LogP contribution in [-0.4, -0.2) is 17.3 Å². The molecule has 2 atom stereocenters. The van der Waals surface area contributed by atoms with E-state index in [4.69, 9.17) is 11.6 Å². The van der Waals surface area contributed by atoms with Gasteiger partial charge in [0.05, 0.1) is 6.42 Å². The van der Waals surface area contributed by atoms with E-state index < -0.39 is 5.82 Å². The van der Waals surface area contributed by atoms with Gasteiger partial charge in [-0.1, -0.05) is 46.4 Å². The summed E-state index contributed by atoms with van der Waals surface area (Å²) in [5.74, 6) is -0.144. The van der Waals surface area contributed by atoms with Gasteiger partial charge in [-0.15, -0.1) is 0 Å². The third kappa shape index (κ3) is 4.19. The van der Waals surface area contributed by atoms with Crippen molar-refractivity contribution in [3.05, 3.63) is 34.6 Å². The molecule has 0 spiro atoms. The minimum absolute atomic E-state index is 0.00875. The average Bonchev–Trinajstić information content (AvgIpc) is 2.42. The summed E-state index contributed by atoms with van der Waals surface area (Å²) in [6.07, 6.45) is 4.72. The Hall–Kier alpha value is -0.610. The number of benzene rings is 1. The molecule has 0 aliphatic heterocycles. The average molecular weight is 363 g/mol. The Morgan fingerprint density at radius 3 is 2.85 bits per heavy atom. The quantitative estimate of drug-likeness (QED) is 0.803. The van der Waals surface area contributed by atoms with Crippen molar-refractivity contribution in [2.75, 3.05) is 6.54 Å². The van der Waals surface area contributed by atoms with Crippen LogP contribution in [0.4, 0.5) is 4.39 Å². The molecule has 1 amide bonds. The molecular formula is C15H18BrClFNO. The lowest BCUT2D eigenvalue weighted by atomic mass is 9.89. The maximum atomic E-state index is 13.6. The fraction of sp³-hybridized carbons (Fsp3) is 0.533. The number of alkyl halides is 1. The zero-order chi connectivity index (χ0) is 14.5. The van der Waals surface area contributed by atoms with Gasteiger partial charge in [-0.2, -0.15) is 0 Å². The van der Waals surface area contributed by atoms with Crippen molar-refractivity contribution < 1.29 is 9.18 Å². The van der Waals surface area contributed by atoms with Crippen LogP contribution < -0.4 is 5.32 Å². The largest absolute Gasteiger partial charge is 0.355 e. The molecule has 0 radical (unpaired) electrons. The lowest BCUT2D eigenvalue weighted by Crippen LogP contribution is -2.35. The molecule has 1 aromatic carbocycles. The second-order valence-electron chi connectivity index (χ2n) is 5.24. The van der Waals surface area contributed by atoms with Crippen LogP contribution in [0.1, 0.15) is 31.2 Å². The van der Waals surface area contributed by atoms with Crippen LogP contribution >= 0.6 is 27.5 Å². The molecular weight excluding hydrogens is 345 g/mol. The van der Waals surface area contributed by atoms with E-state index in [2.05, 4.69) is 21.2 Å². The van der Waals surface area contributed by atoms with Gasteiger partial charge in [0.15, 0.2) is 0 Å². The van der Waals surface area contributed by atoms with Crippen LogP contribution in [-0.2, 0) is 11.2 Å². The molecule has 0 bridgehead atoms. The van der Waals surface area contributed by atoms with Gasteiger partial charge in [0.1, 0.15) is 5.82 Å². The van der Waals surface area contributed by atoms with Crippen LogP contribution in [0.5, 0.6) is 0 Å². The molecule has 1 aliphatic rings. The lowest BCUT2D eigenvalue weighted by Gasteiger charge is -2.27. The Morgan fingerprint density at radius 2 is 2.15 bits per heavy atom. The molecule has 2 nitrogen and oxygen atoms in total. The van der Waals surface area contributed by atoms with E-state index in [0.29, 0.717) is 22.3 Å². The highest BCUT2D eigenvalue weighted by molar-refractivity contribution is 9.09. The van der Waals surface area contributed by atoms with E-state index in [1.165, 1.54) is 25.0 Å². The molecule has 110 valence electrons. The van der Waals surface area contributed by atoms with E-state index >= 15 is 0 Å². The van der Waals surface area contributed by atoms with Gasteiger partial charge in [0.2, 0.25) is 5.91 Å². The summed E-state index contributed by atoms with van der Waals surface area (Å²) >= 11 is 9.58. The number of carbonyl (C=O) groups excluding carboxylic acids is 1. The lowest BCUT2D eigenvalue weighted by molar-refractivity contribution is -0.120. The van der Waals surface area contributed by atoms with Crippen LogP contribution in [0.3, 0.4) is 0 Å². The number of nitrogens with one attached hydrogen (secondary N) is 1. The Kier molecular flexibility index (Phi) is 5.85. The normalized spacial score (nSPS) is 22.6. The first-order valence-electron chi connectivity index (χ1n) is 6.91. The molecule has 0 aromatic heterocycles. The third-order valence-corrected chi connectivity index (χ3v) is 5.34. The second kappa shape index (κ2) is 7.41. The van der Waals surface area contributed by atoms with Crippen molar-refractivity contribution in [2.45, 2.75) is 36.9 Å². The summed E-state index contributed by atoms with van der Waals surface area (Å²) < 4.78 is 13.6. The number of hydrogen-bond acceptors (Lipinski definition) is 1. The maximum absolute atomic E-state index is 13.6. The number of amides is 1. The monoisotopic (exact) mass is 361 g/mol. The van der Waals surface area contributed by atoms with Gasteiger partial charge in [0.25, 0.3) is 0 Å². The van der Waals surface area contributed by atoms with Crippen LogP contribution in [0.25, 0.3) is 0 Å². The summed E-state index contributed by atoms with van der Waals surface area (Å²) in [4.78, 5) is 12.4. The Labute approximate surface area is 132 Å². The summed E-state index contributed by atoms with van der Waals surface area (Å²) in [6, 6.07) is 4.46. The molecule has 1 aromatic rings. The van der Waals surface area contributed by atoms with Crippen molar-refractivity contribution in [3.63, 3.8) is 0 Å². The minimum Gasteiger partial charge on any atom is -0.355 e. The number of carbonyl (C=O) groups is 1. The predicted octanol–water partition coefficient (Wildman–Crippen LogP) is 4.09. The molecule has 2 unspecified atom stereocenters. The molecule has 0 saturated heterocycles. The van der Waals surface area contributed by atoms with Gasteiger partial charge in [-0.25, -0.2) is 4.39 Å². The van der Waals surface area contributed by atoms with E-state index in [-0.39, 0.29) is 17.9 Å². The van der Waals surface area contributed by atoms with E-state index in [9.17, 15) is 9.18 Å². The third-order valence-electron chi connectivity index (χ3n) is 3.78. The van der Waals surface area contributed by atoms with Gasteiger partial charge in [0, 0.05) is 22.0 Å². The smallest absolute Gasteiger partial charge is 0.224 e. The van der Waals surface area contributed by atoms with Crippen molar-refractivity contribution in [1.82, 2.24) is 5.32 Å². The highest BCUT2D eigenvalue weighted by atomic mass is 79.9. The molecule has 1 aliphatic carbocycles. The predicted molar refractivity (Wildman–Crippen MR) is 82.8 cm³/mol. The minimum atomic E-state index is -0.427. The van der Waals surface area contributed by atoms with Crippen molar-refractivity contribution in [3.8, 4) is 0 Å². The standard InChI is InChI=1S/C15H18BrClFNO/c16-12-5-2-1-4-10(12)9-19-15(20)8-11-13(17)6-3-7-14(11)18/h3,6-7,10,12H,1-2,4-5,8-9H2,(H,19,20). The summed E-state index contributed by atoms with van der Waals surface area (Å²) in [6.45, 7) is 0.640. The highest BCUT2D eigenvalue weighted by Gasteiger charge is 2.23. The SMILES string of the molecule is O=C(Cc1c(F)cccc1Cl)NCC1CCCCC1Br. The first-order chi connectivity index (χ1) is 9.58. The van der Waals surface area contributed by atoms with Gasteiger partial charge in [-0.05, 0) is 30.9 Å². The Bertz CT molecular complexity index is 463. The van der Waals surface area contributed by atoms with Crippen molar-refractivity contribution in [1.29, 1.82) is 0 Å².